The third-order valence-electron chi connectivity index (χ3n) is 3.69. The first-order valence-corrected chi connectivity index (χ1v) is 7.22. The number of halogens is 1. The maximum absolute atomic E-state index is 9.72. The highest BCUT2D eigenvalue weighted by atomic mass is 35.5. The molecule has 1 fully saturated rings. The molecule has 4 heteroatoms. The summed E-state index contributed by atoms with van der Waals surface area (Å²) in [6, 6.07) is 11.6. The summed E-state index contributed by atoms with van der Waals surface area (Å²) in [6.07, 6.45) is -0.177. The van der Waals surface area contributed by atoms with E-state index in [1.54, 1.807) is 0 Å². The molecular formula is C16H17ClO3. The van der Waals surface area contributed by atoms with E-state index in [-0.39, 0.29) is 12.2 Å². The summed E-state index contributed by atoms with van der Waals surface area (Å²) in [5.41, 5.74) is 0. The summed E-state index contributed by atoms with van der Waals surface area (Å²) >= 11 is 6.19. The second-order valence-corrected chi connectivity index (χ2v) is 5.38. The van der Waals surface area contributed by atoms with Gasteiger partial charge in [0.05, 0.1) is 6.10 Å². The standard InChI is InChI=1S/C16H17ClO3/c1-2-19-16-13(18)9-15(16)20-14-8-7-12(17)10-5-3-4-6-11(10)14/h3-8,13,15-16,18H,2,9H2,1H3. The zero-order valence-corrected chi connectivity index (χ0v) is 12.0. The Morgan fingerprint density at radius 2 is 1.95 bits per heavy atom. The lowest BCUT2D eigenvalue weighted by Crippen LogP contribution is -2.55. The molecule has 3 nitrogen and oxygen atoms in total. The molecule has 0 heterocycles. The van der Waals surface area contributed by atoms with Gasteiger partial charge in [-0.2, -0.15) is 0 Å². The summed E-state index contributed by atoms with van der Waals surface area (Å²) < 4.78 is 11.5. The average molecular weight is 293 g/mol. The summed E-state index contributed by atoms with van der Waals surface area (Å²) in [7, 11) is 0. The molecule has 1 N–H and O–H groups in total. The van der Waals surface area contributed by atoms with Crippen LogP contribution in [0.15, 0.2) is 36.4 Å². The second-order valence-electron chi connectivity index (χ2n) is 4.97. The van der Waals surface area contributed by atoms with Crippen LogP contribution >= 0.6 is 11.6 Å². The Labute approximate surface area is 123 Å². The first-order chi connectivity index (χ1) is 9.70. The van der Waals surface area contributed by atoms with E-state index in [1.165, 1.54) is 0 Å². The summed E-state index contributed by atoms with van der Waals surface area (Å²) in [6.45, 7) is 2.49. The van der Waals surface area contributed by atoms with E-state index in [0.29, 0.717) is 18.1 Å². The minimum absolute atomic E-state index is 0.102. The van der Waals surface area contributed by atoms with Crippen LogP contribution in [0, 0.1) is 0 Å². The maximum Gasteiger partial charge on any atom is 0.130 e. The van der Waals surface area contributed by atoms with Crippen molar-refractivity contribution in [2.45, 2.75) is 31.7 Å². The molecule has 3 atom stereocenters. The van der Waals surface area contributed by atoms with E-state index >= 15 is 0 Å². The van der Waals surface area contributed by atoms with Crippen molar-refractivity contribution in [1.82, 2.24) is 0 Å². The Kier molecular flexibility index (Phi) is 3.83. The predicted octanol–water partition coefficient (Wildman–Crippen LogP) is 3.41. The van der Waals surface area contributed by atoms with Crippen molar-refractivity contribution in [2.75, 3.05) is 6.61 Å². The third-order valence-corrected chi connectivity index (χ3v) is 4.02. The minimum atomic E-state index is -0.432. The Balaban J connectivity index is 1.87. The summed E-state index contributed by atoms with van der Waals surface area (Å²) in [5, 5.41) is 12.4. The van der Waals surface area contributed by atoms with Crippen LogP contribution in [0.3, 0.4) is 0 Å². The highest BCUT2D eigenvalue weighted by Crippen LogP contribution is 2.35. The second kappa shape index (κ2) is 5.60. The SMILES string of the molecule is CCOC1C(O)CC1Oc1ccc(Cl)c2ccccc12. The number of fused-ring (bicyclic) bond motifs is 1. The molecule has 0 radical (unpaired) electrons. The molecule has 0 saturated heterocycles. The number of ether oxygens (including phenoxy) is 2. The van der Waals surface area contributed by atoms with Gasteiger partial charge >= 0.3 is 0 Å². The van der Waals surface area contributed by atoms with Gasteiger partial charge in [-0.15, -0.1) is 0 Å². The normalized spacial score (nSPS) is 25.4. The average Bonchev–Trinajstić information content (AvgIpc) is 2.47. The van der Waals surface area contributed by atoms with Crippen molar-refractivity contribution in [3.63, 3.8) is 0 Å². The molecule has 0 amide bonds. The monoisotopic (exact) mass is 292 g/mol. The third kappa shape index (κ3) is 2.37. The topological polar surface area (TPSA) is 38.7 Å². The fourth-order valence-electron chi connectivity index (χ4n) is 2.58. The predicted molar refractivity (Wildman–Crippen MR) is 79.4 cm³/mol. The van der Waals surface area contributed by atoms with Gasteiger partial charge in [0.25, 0.3) is 0 Å². The fraction of sp³-hybridized carbons (Fsp3) is 0.375. The fourth-order valence-corrected chi connectivity index (χ4v) is 2.81. The first-order valence-electron chi connectivity index (χ1n) is 6.84. The van der Waals surface area contributed by atoms with Crippen molar-refractivity contribution in [1.29, 1.82) is 0 Å². The van der Waals surface area contributed by atoms with Crippen LogP contribution in [-0.4, -0.2) is 30.0 Å². The van der Waals surface area contributed by atoms with Crippen LogP contribution in [-0.2, 0) is 4.74 Å². The van der Waals surface area contributed by atoms with Gasteiger partial charge in [0.1, 0.15) is 18.0 Å². The van der Waals surface area contributed by atoms with Gasteiger partial charge < -0.3 is 14.6 Å². The summed E-state index contributed by atoms with van der Waals surface area (Å²) in [5.74, 6) is 0.784. The number of hydrogen-bond donors (Lipinski definition) is 1. The van der Waals surface area contributed by atoms with Crippen molar-refractivity contribution in [2.24, 2.45) is 0 Å². The number of aliphatic hydroxyl groups is 1. The minimum Gasteiger partial charge on any atom is -0.487 e. The van der Waals surface area contributed by atoms with Gasteiger partial charge in [-0.1, -0.05) is 35.9 Å². The Morgan fingerprint density at radius 3 is 2.65 bits per heavy atom. The number of aliphatic hydroxyl groups excluding tert-OH is 1. The number of hydrogen-bond acceptors (Lipinski definition) is 3. The van der Waals surface area contributed by atoms with E-state index in [2.05, 4.69) is 0 Å². The maximum atomic E-state index is 9.72. The van der Waals surface area contributed by atoms with Crippen molar-refractivity contribution in [3.05, 3.63) is 41.4 Å². The molecule has 1 saturated carbocycles. The lowest BCUT2D eigenvalue weighted by atomic mass is 9.88. The molecule has 2 aromatic rings. The van der Waals surface area contributed by atoms with Crippen molar-refractivity contribution in [3.8, 4) is 5.75 Å². The van der Waals surface area contributed by atoms with Gasteiger partial charge in [0.15, 0.2) is 0 Å². The highest BCUT2D eigenvalue weighted by molar-refractivity contribution is 6.35. The van der Waals surface area contributed by atoms with Crippen LogP contribution in [0.4, 0.5) is 0 Å². The zero-order valence-electron chi connectivity index (χ0n) is 11.3. The van der Waals surface area contributed by atoms with Crippen molar-refractivity contribution >= 4 is 22.4 Å². The van der Waals surface area contributed by atoms with E-state index in [9.17, 15) is 5.11 Å². The summed E-state index contributed by atoms with van der Waals surface area (Å²) in [4.78, 5) is 0. The van der Waals surface area contributed by atoms with Gasteiger partial charge in [0.2, 0.25) is 0 Å². The lowest BCUT2D eigenvalue weighted by molar-refractivity contribution is -0.160. The molecule has 3 rings (SSSR count). The lowest BCUT2D eigenvalue weighted by Gasteiger charge is -2.40. The molecule has 1 aliphatic rings. The Hall–Kier alpha value is -1.29. The molecule has 0 aliphatic heterocycles. The van der Waals surface area contributed by atoms with E-state index in [1.807, 2.05) is 43.3 Å². The van der Waals surface area contributed by atoms with Crippen LogP contribution in [0.5, 0.6) is 5.75 Å². The van der Waals surface area contributed by atoms with E-state index in [0.717, 1.165) is 16.5 Å². The van der Waals surface area contributed by atoms with Crippen LogP contribution < -0.4 is 4.74 Å². The quantitative estimate of drug-likeness (QED) is 0.938. The molecule has 0 bridgehead atoms. The van der Waals surface area contributed by atoms with Gasteiger partial charge in [-0.05, 0) is 19.1 Å². The first kappa shape index (κ1) is 13.7. The molecule has 20 heavy (non-hydrogen) atoms. The smallest absolute Gasteiger partial charge is 0.130 e. The van der Waals surface area contributed by atoms with Gasteiger partial charge in [-0.25, -0.2) is 0 Å². The largest absolute Gasteiger partial charge is 0.487 e. The van der Waals surface area contributed by atoms with Crippen LogP contribution in [0.2, 0.25) is 5.02 Å². The Morgan fingerprint density at radius 1 is 1.20 bits per heavy atom. The number of benzene rings is 2. The van der Waals surface area contributed by atoms with E-state index in [4.69, 9.17) is 21.1 Å². The van der Waals surface area contributed by atoms with Crippen molar-refractivity contribution < 1.29 is 14.6 Å². The Bertz CT molecular complexity index is 614. The van der Waals surface area contributed by atoms with Gasteiger partial charge in [-0.3, -0.25) is 0 Å². The highest BCUT2D eigenvalue weighted by Gasteiger charge is 2.42. The molecule has 0 spiro atoms. The zero-order chi connectivity index (χ0) is 14.1. The molecule has 0 aromatic heterocycles. The molecule has 1 aliphatic carbocycles. The van der Waals surface area contributed by atoms with Crippen LogP contribution in [0.1, 0.15) is 13.3 Å². The van der Waals surface area contributed by atoms with E-state index < -0.39 is 6.10 Å². The molecule has 106 valence electrons. The van der Waals surface area contributed by atoms with Crippen LogP contribution in [0.25, 0.3) is 10.8 Å². The molecular weight excluding hydrogens is 276 g/mol. The molecule has 3 unspecified atom stereocenters. The number of rotatable bonds is 4. The molecule has 2 aromatic carbocycles. The van der Waals surface area contributed by atoms with Gasteiger partial charge in [0, 0.05) is 28.8 Å².